The van der Waals surface area contributed by atoms with Crippen LogP contribution in [0.3, 0.4) is 0 Å². The van der Waals surface area contributed by atoms with Crippen molar-refractivity contribution in [2.75, 3.05) is 26.8 Å². The molecular formula is C21H26N2O3. The number of methoxy groups -OCH3 is 1. The molecule has 0 bridgehead atoms. The van der Waals surface area contributed by atoms with Crippen LogP contribution < -0.4 is 0 Å². The summed E-state index contributed by atoms with van der Waals surface area (Å²) in [5.41, 5.74) is 5.09. The van der Waals surface area contributed by atoms with Gasteiger partial charge in [-0.15, -0.1) is 0 Å². The van der Waals surface area contributed by atoms with E-state index in [1.165, 1.54) is 34.8 Å². The zero-order valence-corrected chi connectivity index (χ0v) is 15.4. The van der Waals surface area contributed by atoms with Crippen molar-refractivity contribution in [3.8, 4) is 0 Å². The molecule has 3 atom stereocenters. The lowest BCUT2D eigenvalue weighted by Crippen LogP contribution is -2.45. The molecule has 1 fully saturated rings. The molecule has 3 unspecified atom stereocenters. The Hall–Kier alpha value is -2.11. The fraction of sp³-hybridized carbons (Fsp3) is 0.476. The van der Waals surface area contributed by atoms with Crippen molar-refractivity contribution in [2.24, 2.45) is 11.8 Å². The molecule has 1 aromatic heterocycles. The number of aliphatic hydroxyl groups excluding tert-OH is 1. The molecule has 2 N–H and O–H groups in total. The summed E-state index contributed by atoms with van der Waals surface area (Å²) in [6.07, 6.45) is 3.96. The van der Waals surface area contributed by atoms with Crippen LogP contribution in [0.15, 0.2) is 35.9 Å². The molecule has 0 saturated carbocycles. The average Bonchev–Trinajstić information content (AvgIpc) is 3.07. The van der Waals surface area contributed by atoms with Crippen molar-refractivity contribution in [1.82, 2.24) is 9.88 Å². The van der Waals surface area contributed by atoms with Crippen LogP contribution in [0.25, 0.3) is 10.9 Å². The Morgan fingerprint density at radius 2 is 2.27 bits per heavy atom. The maximum absolute atomic E-state index is 12.2. The standard InChI is InChI=1S/C21H26N2O3/c1-3-13-11-23-9-8-15-14-6-4-5-7-18(14)22-20(15)19(23)10-16(13)17(12-24)21(25)26-2/h3-7,16-17,19,22,24H,8-12H2,1-2H3/b13-3-. The summed E-state index contributed by atoms with van der Waals surface area (Å²) in [7, 11) is 1.39. The third-order valence-corrected chi connectivity index (χ3v) is 6.17. The van der Waals surface area contributed by atoms with E-state index in [-0.39, 0.29) is 24.5 Å². The number of para-hydroxylation sites is 1. The molecule has 4 rings (SSSR count). The molecule has 138 valence electrons. The highest BCUT2D eigenvalue weighted by atomic mass is 16.5. The van der Waals surface area contributed by atoms with Crippen LogP contribution in [0.2, 0.25) is 0 Å². The van der Waals surface area contributed by atoms with E-state index in [1.54, 1.807) is 0 Å². The minimum Gasteiger partial charge on any atom is -0.469 e. The van der Waals surface area contributed by atoms with Crippen molar-refractivity contribution < 1.29 is 14.6 Å². The van der Waals surface area contributed by atoms with E-state index in [4.69, 9.17) is 4.74 Å². The Morgan fingerprint density at radius 3 is 3.00 bits per heavy atom. The van der Waals surface area contributed by atoms with Gasteiger partial charge in [-0.3, -0.25) is 9.69 Å². The zero-order chi connectivity index (χ0) is 18.3. The first-order valence-corrected chi connectivity index (χ1v) is 9.35. The van der Waals surface area contributed by atoms with Crippen molar-refractivity contribution in [3.63, 3.8) is 0 Å². The van der Waals surface area contributed by atoms with Crippen molar-refractivity contribution >= 4 is 16.9 Å². The molecule has 2 aliphatic rings. The van der Waals surface area contributed by atoms with E-state index < -0.39 is 5.92 Å². The highest BCUT2D eigenvalue weighted by Crippen LogP contribution is 2.44. The number of H-pyrrole nitrogens is 1. The van der Waals surface area contributed by atoms with E-state index in [2.05, 4.69) is 40.2 Å². The number of rotatable bonds is 3. The summed E-state index contributed by atoms with van der Waals surface area (Å²) in [6.45, 7) is 3.70. The Kier molecular flexibility index (Phi) is 4.59. The predicted octanol–water partition coefficient (Wildman–Crippen LogP) is 2.81. The summed E-state index contributed by atoms with van der Waals surface area (Å²) in [4.78, 5) is 18.3. The first-order chi connectivity index (χ1) is 12.7. The SMILES string of the molecule is C/C=C1/CN2CCc3c([nH]c4ccccc34)C2CC1C(CO)C(=O)OC. The Balaban J connectivity index is 1.73. The number of allylic oxidation sites excluding steroid dienone is 1. The zero-order valence-electron chi connectivity index (χ0n) is 15.4. The summed E-state index contributed by atoms with van der Waals surface area (Å²) in [5.74, 6) is -0.808. The van der Waals surface area contributed by atoms with Crippen LogP contribution >= 0.6 is 0 Å². The molecule has 2 aromatic rings. The second-order valence-electron chi connectivity index (χ2n) is 7.32. The van der Waals surface area contributed by atoms with Gasteiger partial charge < -0.3 is 14.8 Å². The second kappa shape index (κ2) is 6.89. The largest absolute Gasteiger partial charge is 0.469 e. The Morgan fingerprint density at radius 1 is 1.46 bits per heavy atom. The van der Waals surface area contributed by atoms with Crippen molar-refractivity contribution in [3.05, 3.63) is 47.2 Å². The van der Waals surface area contributed by atoms with Crippen LogP contribution in [0.1, 0.15) is 30.6 Å². The molecule has 1 saturated heterocycles. The van der Waals surface area contributed by atoms with Crippen LogP contribution in [0.4, 0.5) is 0 Å². The molecule has 26 heavy (non-hydrogen) atoms. The number of hydrogen-bond acceptors (Lipinski definition) is 4. The van der Waals surface area contributed by atoms with Gasteiger partial charge in [0.05, 0.1) is 25.7 Å². The third-order valence-electron chi connectivity index (χ3n) is 6.17. The number of aromatic amines is 1. The lowest BCUT2D eigenvalue weighted by Gasteiger charge is -2.45. The van der Waals surface area contributed by atoms with E-state index in [1.807, 2.05) is 6.92 Å². The van der Waals surface area contributed by atoms with E-state index in [9.17, 15) is 9.90 Å². The molecule has 3 heterocycles. The Bertz CT molecular complexity index is 854. The smallest absolute Gasteiger partial charge is 0.311 e. The normalized spacial score (nSPS) is 25.7. The third kappa shape index (κ3) is 2.66. The first-order valence-electron chi connectivity index (χ1n) is 9.35. The minimum absolute atomic E-state index is 0.0102. The topological polar surface area (TPSA) is 65.6 Å². The maximum Gasteiger partial charge on any atom is 0.311 e. The fourth-order valence-corrected chi connectivity index (χ4v) is 4.81. The molecule has 0 aliphatic carbocycles. The predicted molar refractivity (Wildman–Crippen MR) is 101 cm³/mol. The summed E-state index contributed by atoms with van der Waals surface area (Å²) < 4.78 is 4.96. The molecule has 2 aliphatic heterocycles. The van der Waals surface area contributed by atoms with Gasteiger partial charge in [0, 0.05) is 29.7 Å². The van der Waals surface area contributed by atoms with Crippen LogP contribution in [-0.2, 0) is 16.0 Å². The maximum atomic E-state index is 12.2. The number of fused-ring (bicyclic) bond motifs is 5. The first kappa shape index (κ1) is 17.3. The number of nitrogens with zero attached hydrogens (tertiary/aromatic N) is 1. The molecule has 0 amide bonds. The van der Waals surface area contributed by atoms with Gasteiger partial charge >= 0.3 is 5.97 Å². The molecule has 0 radical (unpaired) electrons. The van der Waals surface area contributed by atoms with Crippen molar-refractivity contribution in [1.29, 1.82) is 0 Å². The van der Waals surface area contributed by atoms with E-state index >= 15 is 0 Å². The lowest BCUT2D eigenvalue weighted by atomic mass is 9.75. The number of aromatic nitrogens is 1. The number of hydrogen-bond donors (Lipinski definition) is 2. The van der Waals surface area contributed by atoms with Gasteiger partial charge in [-0.1, -0.05) is 29.8 Å². The van der Waals surface area contributed by atoms with Crippen LogP contribution in [0.5, 0.6) is 0 Å². The quantitative estimate of drug-likeness (QED) is 0.657. The highest BCUT2D eigenvalue weighted by Gasteiger charge is 2.42. The molecule has 5 nitrogen and oxygen atoms in total. The van der Waals surface area contributed by atoms with Gasteiger partial charge in [0.2, 0.25) is 0 Å². The molecule has 1 aromatic carbocycles. The van der Waals surface area contributed by atoms with Gasteiger partial charge in [0.15, 0.2) is 0 Å². The second-order valence-corrected chi connectivity index (χ2v) is 7.32. The number of benzene rings is 1. The summed E-state index contributed by atoms with van der Waals surface area (Å²) >= 11 is 0. The molecule has 0 spiro atoms. The number of piperidine rings is 1. The Labute approximate surface area is 153 Å². The molecule has 5 heteroatoms. The van der Waals surface area contributed by atoms with Crippen LogP contribution in [0, 0.1) is 11.8 Å². The summed E-state index contributed by atoms with van der Waals surface area (Å²) in [6, 6.07) is 8.70. The van der Waals surface area contributed by atoms with E-state index in [0.29, 0.717) is 0 Å². The lowest BCUT2D eigenvalue weighted by molar-refractivity contribution is -0.149. The average molecular weight is 354 g/mol. The summed E-state index contributed by atoms with van der Waals surface area (Å²) in [5, 5.41) is 11.2. The van der Waals surface area contributed by atoms with Gasteiger partial charge in [-0.2, -0.15) is 0 Å². The number of esters is 1. The minimum atomic E-state index is -0.497. The molecular weight excluding hydrogens is 328 g/mol. The van der Waals surface area contributed by atoms with Gasteiger partial charge in [0.25, 0.3) is 0 Å². The van der Waals surface area contributed by atoms with Gasteiger partial charge in [0.1, 0.15) is 0 Å². The number of ether oxygens (including phenoxy) is 1. The highest BCUT2D eigenvalue weighted by molar-refractivity contribution is 5.85. The fourth-order valence-electron chi connectivity index (χ4n) is 4.81. The number of nitrogens with one attached hydrogen (secondary N) is 1. The van der Waals surface area contributed by atoms with Crippen LogP contribution in [-0.4, -0.2) is 47.8 Å². The number of carbonyl (C=O) groups is 1. The van der Waals surface area contributed by atoms with E-state index in [0.717, 1.165) is 25.9 Å². The monoisotopic (exact) mass is 354 g/mol. The van der Waals surface area contributed by atoms with Gasteiger partial charge in [-0.25, -0.2) is 0 Å². The van der Waals surface area contributed by atoms with Crippen molar-refractivity contribution in [2.45, 2.75) is 25.8 Å². The van der Waals surface area contributed by atoms with Gasteiger partial charge in [-0.05, 0) is 37.3 Å². The number of aliphatic hydroxyl groups is 1. The number of carbonyl (C=O) groups excluding carboxylic acids is 1.